The van der Waals surface area contributed by atoms with Crippen LogP contribution in [0.4, 0.5) is 18.0 Å². The Balaban J connectivity index is 1.33. The standard InChI is InChI=1S/C30H30F3N5O2S/c1-18(2)25-12-5-19(3)15-26(25)28(41)36-29(39)34-14-13-21-6-7-22(16-20(21)4)27-35-17-38(37-27)23-8-10-24(11-9-23)40-30(31,32)33/h5-12,15-18H,13-14H2,1-4H3,(H2,34,36,39,41). The van der Waals surface area contributed by atoms with E-state index in [1.165, 1.54) is 35.3 Å². The van der Waals surface area contributed by atoms with Crippen LogP contribution >= 0.6 is 12.2 Å². The molecule has 0 radical (unpaired) electrons. The van der Waals surface area contributed by atoms with Gasteiger partial charge in [-0.05, 0) is 79.3 Å². The van der Waals surface area contributed by atoms with Gasteiger partial charge in [0.25, 0.3) is 0 Å². The van der Waals surface area contributed by atoms with Gasteiger partial charge in [-0.2, -0.15) is 0 Å². The Morgan fingerprint density at radius 3 is 2.44 bits per heavy atom. The highest BCUT2D eigenvalue weighted by molar-refractivity contribution is 7.80. The quantitative estimate of drug-likeness (QED) is 0.224. The number of aromatic nitrogens is 3. The van der Waals surface area contributed by atoms with Crippen molar-refractivity contribution in [2.75, 3.05) is 6.54 Å². The van der Waals surface area contributed by atoms with Crippen molar-refractivity contribution in [3.8, 4) is 22.8 Å². The molecule has 0 aliphatic heterocycles. The number of nitrogens with zero attached hydrogens (tertiary/aromatic N) is 3. The minimum atomic E-state index is -4.75. The Kier molecular flexibility index (Phi) is 9.07. The SMILES string of the molecule is Cc1ccc(C(C)C)c(C(=S)NC(=O)NCCc2ccc(-c3ncn(-c4ccc(OC(F)(F)F)cc4)n3)cc2C)c1. The number of urea groups is 1. The summed E-state index contributed by atoms with van der Waals surface area (Å²) in [5.74, 6) is 0.434. The Bertz CT molecular complexity index is 1550. The topological polar surface area (TPSA) is 81.1 Å². The number of aryl methyl sites for hydroxylation is 2. The first kappa shape index (κ1) is 29.7. The number of rotatable bonds is 8. The minimum absolute atomic E-state index is 0.275. The second-order valence-electron chi connectivity index (χ2n) is 9.90. The fourth-order valence-electron chi connectivity index (χ4n) is 4.33. The molecule has 2 amide bonds. The summed E-state index contributed by atoms with van der Waals surface area (Å²) in [6.07, 6.45) is -2.64. The molecule has 4 rings (SSSR count). The second-order valence-corrected chi connectivity index (χ2v) is 10.3. The van der Waals surface area contributed by atoms with Gasteiger partial charge in [0.15, 0.2) is 5.82 Å². The van der Waals surface area contributed by atoms with Crippen molar-refractivity contribution in [3.05, 3.63) is 94.8 Å². The Morgan fingerprint density at radius 2 is 1.78 bits per heavy atom. The molecule has 3 aromatic carbocycles. The molecule has 7 nitrogen and oxygen atoms in total. The van der Waals surface area contributed by atoms with Crippen LogP contribution in [0.5, 0.6) is 5.75 Å². The highest BCUT2D eigenvalue weighted by Gasteiger charge is 2.31. The van der Waals surface area contributed by atoms with Gasteiger partial charge in [0.1, 0.15) is 17.1 Å². The summed E-state index contributed by atoms with van der Waals surface area (Å²) in [5.41, 5.74) is 6.41. The van der Waals surface area contributed by atoms with Crippen LogP contribution in [-0.2, 0) is 6.42 Å². The van der Waals surface area contributed by atoms with Crippen LogP contribution in [0.15, 0.2) is 67.0 Å². The van der Waals surface area contributed by atoms with Gasteiger partial charge in [0.2, 0.25) is 0 Å². The van der Waals surface area contributed by atoms with Crippen molar-refractivity contribution in [2.24, 2.45) is 0 Å². The lowest BCUT2D eigenvalue weighted by Gasteiger charge is -2.16. The summed E-state index contributed by atoms with van der Waals surface area (Å²) >= 11 is 5.51. The minimum Gasteiger partial charge on any atom is -0.406 e. The van der Waals surface area contributed by atoms with Gasteiger partial charge < -0.3 is 10.1 Å². The molecule has 0 spiro atoms. The fourth-order valence-corrected chi connectivity index (χ4v) is 4.60. The van der Waals surface area contributed by atoms with E-state index in [0.29, 0.717) is 29.5 Å². The van der Waals surface area contributed by atoms with Crippen molar-refractivity contribution in [1.82, 2.24) is 25.4 Å². The third-order valence-corrected chi connectivity index (χ3v) is 6.73. The monoisotopic (exact) mass is 581 g/mol. The number of nitrogens with one attached hydrogen (secondary N) is 2. The summed E-state index contributed by atoms with van der Waals surface area (Å²) in [7, 11) is 0. The fraction of sp³-hybridized carbons (Fsp3) is 0.267. The molecule has 0 saturated heterocycles. The summed E-state index contributed by atoms with van der Waals surface area (Å²) in [6.45, 7) is 8.55. The molecule has 0 aliphatic rings. The van der Waals surface area contributed by atoms with E-state index in [-0.39, 0.29) is 17.7 Å². The molecule has 0 fully saturated rings. The third kappa shape index (κ3) is 7.91. The molecule has 0 bridgehead atoms. The first-order valence-corrected chi connectivity index (χ1v) is 13.4. The molecule has 41 heavy (non-hydrogen) atoms. The van der Waals surface area contributed by atoms with Gasteiger partial charge in [0.05, 0.1) is 5.69 Å². The van der Waals surface area contributed by atoms with Crippen LogP contribution in [-0.4, -0.2) is 38.7 Å². The highest BCUT2D eigenvalue weighted by Crippen LogP contribution is 2.25. The van der Waals surface area contributed by atoms with Gasteiger partial charge in [-0.3, -0.25) is 5.32 Å². The first-order valence-electron chi connectivity index (χ1n) is 13.0. The molecular weight excluding hydrogens is 551 g/mol. The predicted molar refractivity (Wildman–Crippen MR) is 155 cm³/mol. The van der Waals surface area contributed by atoms with Crippen LogP contribution in [0, 0.1) is 13.8 Å². The first-order chi connectivity index (χ1) is 19.4. The number of benzene rings is 3. The number of carbonyl (C=O) groups is 1. The van der Waals surface area contributed by atoms with Crippen molar-refractivity contribution in [1.29, 1.82) is 0 Å². The number of thiocarbonyl (C=S) groups is 1. The maximum atomic E-state index is 12.5. The largest absolute Gasteiger partial charge is 0.573 e. The summed E-state index contributed by atoms with van der Waals surface area (Å²) in [6, 6.07) is 16.9. The molecule has 2 N–H and O–H groups in total. The molecule has 11 heteroatoms. The zero-order valence-electron chi connectivity index (χ0n) is 23.0. The average Bonchev–Trinajstić information content (AvgIpc) is 3.39. The van der Waals surface area contributed by atoms with Crippen LogP contribution in [0.25, 0.3) is 17.1 Å². The zero-order chi connectivity index (χ0) is 29.7. The lowest BCUT2D eigenvalue weighted by Crippen LogP contribution is -2.40. The Hall–Kier alpha value is -4.25. The van der Waals surface area contributed by atoms with E-state index in [1.54, 1.807) is 0 Å². The van der Waals surface area contributed by atoms with Crippen molar-refractivity contribution in [3.63, 3.8) is 0 Å². The molecule has 1 aromatic heterocycles. The van der Waals surface area contributed by atoms with E-state index < -0.39 is 6.36 Å². The number of hydrogen-bond donors (Lipinski definition) is 2. The highest BCUT2D eigenvalue weighted by atomic mass is 32.1. The van der Waals surface area contributed by atoms with E-state index in [9.17, 15) is 18.0 Å². The van der Waals surface area contributed by atoms with E-state index in [0.717, 1.165) is 33.4 Å². The number of alkyl halides is 3. The number of amides is 2. The smallest absolute Gasteiger partial charge is 0.406 e. The number of hydrogen-bond acceptors (Lipinski definition) is 5. The zero-order valence-corrected chi connectivity index (χ0v) is 23.9. The van der Waals surface area contributed by atoms with Crippen molar-refractivity contribution >= 4 is 23.2 Å². The van der Waals surface area contributed by atoms with Gasteiger partial charge >= 0.3 is 12.4 Å². The van der Waals surface area contributed by atoms with E-state index in [4.69, 9.17) is 12.2 Å². The van der Waals surface area contributed by atoms with Gasteiger partial charge in [0, 0.05) is 17.7 Å². The van der Waals surface area contributed by atoms with E-state index in [2.05, 4.69) is 39.3 Å². The summed E-state index contributed by atoms with van der Waals surface area (Å²) < 4.78 is 42.6. The van der Waals surface area contributed by atoms with Gasteiger partial charge in [-0.25, -0.2) is 14.5 Å². The van der Waals surface area contributed by atoms with E-state index >= 15 is 0 Å². The van der Waals surface area contributed by atoms with Gasteiger partial charge in [-0.1, -0.05) is 55.9 Å². The number of ether oxygens (including phenoxy) is 1. The summed E-state index contributed by atoms with van der Waals surface area (Å²) in [4.78, 5) is 17.3. The molecule has 1 heterocycles. The van der Waals surface area contributed by atoms with Gasteiger partial charge in [-0.15, -0.1) is 18.3 Å². The Labute approximate surface area is 241 Å². The second kappa shape index (κ2) is 12.5. The molecule has 4 aromatic rings. The van der Waals surface area contributed by atoms with Crippen LogP contribution in [0.2, 0.25) is 0 Å². The number of carbonyl (C=O) groups excluding carboxylic acids is 1. The maximum absolute atomic E-state index is 12.5. The molecule has 0 aliphatic carbocycles. The third-order valence-electron chi connectivity index (χ3n) is 6.41. The van der Waals surface area contributed by atoms with Crippen LogP contribution in [0.3, 0.4) is 0 Å². The van der Waals surface area contributed by atoms with Crippen molar-refractivity contribution < 1.29 is 22.7 Å². The molecule has 214 valence electrons. The predicted octanol–water partition coefficient (Wildman–Crippen LogP) is 6.79. The molecule has 0 atom stereocenters. The molecule has 0 unspecified atom stereocenters. The van der Waals surface area contributed by atoms with Crippen molar-refractivity contribution in [2.45, 2.75) is 46.4 Å². The lowest BCUT2D eigenvalue weighted by atomic mass is 9.95. The average molecular weight is 582 g/mol. The molecule has 0 saturated carbocycles. The normalized spacial score (nSPS) is 11.4. The number of halogens is 3. The van der Waals surface area contributed by atoms with Crippen LogP contribution < -0.4 is 15.4 Å². The molecular formula is C30H30F3N5O2S. The van der Waals surface area contributed by atoms with Crippen LogP contribution in [0.1, 0.15) is 47.6 Å². The maximum Gasteiger partial charge on any atom is 0.573 e. The van der Waals surface area contributed by atoms with E-state index in [1.807, 2.05) is 50.2 Å². The Morgan fingerprint density at radius 1 is 1.05 bits per heavy atom. The summed E-state index contributed by atoms with van der Waals surface area (Å²) in [5, 5.41) is 10.1. The lowest BCUT2D eigenvalue weighted by molar-refractivity contribution is -0.274.